The van der Waals surface area contributed by atoms with Gasteiger partial charge in [0.25, 0.3) is 5.91 Å². The third-order valence-corrected chi connectivity index (χ3v) is 3.26. The summed E-state index contributed by atoms with van der Waals surface area (Å²) in [5.74, 6) is 0.0508. The van der Waals surface area contributed by atoms with Crippen LogP contribution in [0.1, 0.15) is 19.3 Å². The second-order valence-electron chi connectivity index (χ2n) is 4.34. The molecular weight excluding hydrogens is 208 g/mol. The normalized spacial score (nSPS) is 26.2. The van der Waals surface area contributed by atoms with Gasteiger partial charge in [-0.25, -0.2) is 0 Å². The minimum Gasteiger partial charge on any atom is -0.376 e. The summed E-state index contributed by atoms with van der Waals surface area (Å²) in [6.07, 6.45) is 2.99. The summed E-state index contributed by atoms with van der Waals surface area (Å²) < 4.78 is 10.7. The van der Waals surface area contributed by atoms with E-state index in [1.807, 2.05) is 4.90 Å². The minimum absolute atomic E-state index is 0.0508. The average molecular weight is 228 g/mol. The number of ether oxygens (including phenoxy) is 2. The lowest BCUT2D eigenvalue weighted by Gasteiger charge is -2.39. The smallest absolute Gasteiger partial charge is 0.254 e. The largest absolute Gasteiger partial charge is 0.376 e. The van der Waals surface area contributed by atoms with E-state index in [0.29, 0.717) is 39.0 Å². The SMILES string of the molecule is NCCN(C(=O)C1COCCO1)C1CCC1. The molecule has 92 valence electrons. The van der Waals surface area contributed by atoms with Crippen LogP contribution in [0.25, 0.3) is 0 Å². The Kier molecular flexibility index (Phi) is 4.15. The van der Waals surface area contributed by atoms with E-state index >= 15 is 0 Å². The predicted octanol–water partition coefficient (Wildman–Crippen LogP) is -0.258. The van der Waals surface area contributed by atoms with Crippen LogP contribution < -0.4 is 5.73 Å². The van der Waals surface area contributed by atoms with E-state index in [4.69, 9.17) is 15.2 Å². The summed E-state index contributed by atoms with van der Waals surface area (Å²) >= 11 is 0. The highest BCUT2D eigenvalue weighted by Gasteiger charge is 2.33. The van der Waals surface area contributed by atoms with Crippen LogP contribution in [0.15, 0.2) is 0 Å². The Morgan fingerprint density at radius 2 is 2.19 bits per heavy atom. The van der Waals surface area contributed by atoms with Gasteiger partial charge >= 0.3 is 0 Å². The van der Waals surface area contributed by atoms with Crippen molar-refractivity contribution in [3.05, 3.63) is 0 Å². The Labute approximate surface area is 95.9 Å². The summed E-state index contributed by atoms with van der Waals surface area (Å²) in [4.78, 5) is 14.1. The van der Waals surface area contributed by atoms with Crippen LogP contribution in [0, 0.1) is 0 Å². The van der Waals surface area contributed by atoms with Crippen molar-refractivity contribution in [2.24, 2.45) is 5.73 Å². The van der Waals surface area contributed by atoms with E-state index in [1.165, 1.54) is 6.42 Å². The molecule has 0 aromatic heterocycles. The highest BCUT2D eigenvalue weighted by molar-refractivity contribution is 5.81. The molecule has 0 radical (unpaired) electrons. The van der Waals surface area contributed by atoms with Crippen molar-refractivity contribution in [3.63, 3.8) is 0 Å². The lowest BCUT2D eigenvalue weighted by Crippen LogP contribution is -2.53. The van der Waals surface area contributed by atoms with Crippen LogP contribution >= 0.6 is 0 Å². The third-order valence-electron chi connectivity index (χ3n) is 3.26. The standard InChI is InChI=1S/C11H20N2O3/c12-4-5-13(9-2-1-3-9)11(14)10-8-15-6-7-16-10/h9-10H,1-8,12H2. The number of carbonyl (C=O) groups excluding carboxylic acids is 1. The molecule has 0 aromatic carbocycles. The number of rotatable bonds is 4. The fourth-order valence-corrected chi connectivity index (χ4v) is 2.13. The Bertz CT molecular complexity index is 237. The Hall–Kier alpha value is -0.650. The molecule has 5 nitrogen and oxygen atoms in total. The van der Waals surface area contributed by atoms with Crippen LogP contribution in [-0.2, 0) is 14.3 Å². The Morgan fingerprint density at radius 3 is 2.69 bits per heavy atom. The first kappa shape index (κ1) is 11.8. The zero-order chi connectivity index (χ0) is 11.4. The van der Waals surface area contributed by atoms with Gasteiger partial charge in [0.15, 0.2) is 6.10 Å². The number of nitrogens with zero attached hydrogens (tertiary/aromatic N) is 1. The maximum atomic E-state index is 12.2. The van der Waals surface area contributed by atoms with E-state index in [2.05, 4.69) is 0 Å². The van der Waals surface area contributed by atoms with Gasteiger partial charge in [-0.2, -0.15) is 0 Å². The van der Waals surface area contributed by atoms with Gasteiger partial charge in [-0.05, 0) is 19.3 Å². The molecule has 5 heteroatoms. The molecule has 0 bridgehead atoms. The third kappa shape index (κ3) is 2.53. The van der Waals surface area contributed by atoms with Crippen LogP contribution in [0.2, 0.25) is 0 Å². The van der Waals surface area contributed by atoms with Crippen LogP contribution in [-0.4, -0.2) is 55.9 Å². The molecule has 1 saturated carbocycles. The van der Waals surface area contributed by atoms with E-state index in [-0.39, 0.29) is 5.91 Å². The van der Waals surface area contributed by atoms with Gasteiger partial charge in [0.05, 0.1) is 19.8 Å². The van der Waals surface area contributed by atoms with E-state index in [0.717, 1.165) is 12.8 Å². The van der Waals surface area contributed by atoms with Crippen LogP contribution in [0.5, 0.6) is 0 Å². The molecule has 0 spiro atoms. The molecule has 1 atom stereocenters. The van der Waals surface area contributed by atoms with Crippen molar-refractivity contribution in [3.8, 4) is 0 Å². The van der Waals surface area contributed by atoms with Gasteiger partial charge in [-0.1, -0.05) is 0 Å². The van der Waals surface area contributed by atoms with Gasteiger partial charge in [0, 0.05) is 19.1 Å². The molecule has 2 rings (SSSR count). The quantitative estimate of drug-likeness (QED) is 0.720. The summed E-state index contributed by atoms with van der Waals surface area (Å²) in [7, 11) is 0. The average Bonchev–Trinajstić information content (AvgIpc) is 2.26. The van der Waals surface area contributed by atoms with Gasteiger partial charge < -0.3 is 20.1 Å². The first-order valence-electron chi connectivity index (χ1n) is 6.03. The molecule has 0 aromatic rings. The van der Waals surface area contributed by atoms with Gasteiger partial charge in [0.2, 0.25) is 0 Å². The summed E-state index contributed by atoms with van der Waals surface area (Å²) in [6, 6.07) is 0.376. The zero-order valence-electron chi connectivity index (χ0n) is 9.56. The molecule has 2 fully saturated rings. The second kappa shape index (κ2) is 5.61. The van der Waals surface area contributed by atoms with Gasteiger partial charge in [-0.15, -0.1) is 0 Å². The summed E-state index contributed by atoms with van der Waals surface area (Å²) in [5.41, 5.74) is 5.55. The van der Waals surface area contributed by atoms with E-state index in [9.17, 15) is 4.79 Å². The van der Waals surface area contributed by atoms with Crippen molar-refractivity contribution in [2.45, 2.75) is 31.4 Å². The fraction of sp³-hybridized carbons (Fsp3) is 0.909. The van der Waals surface area contributed by atoms with Crippen molar-refractivity contribution in [1.82, 2.24) is 4.90 Å². The highest BCUT2D eigenvalue weighted by atomic mass is 16.6. The Morgan fingerprint density at radius 1 is 1.38 bits per heavy atom. The lowest BCUT2D eigenvalue weighted by molar-refractivity contribution is -0.161. The molecule has 2 aliphatic rings. The molecule has 1 aliphatic heterocycles. The first-order chi connectivity index (χ1) is 7.83. The zero-order valence-corrected chi connectivity index (χ0v) is 9.56. The molecule has 1 amide bonds. The van der Waals surface area contributed by atoms with Crippen LogP contribution in [0.3, 0.4) is 0 Å². The van der Waals surface area contributed by atoms with Crippen molar-refractivity contribution >= 4 is 5.91 Å². The number of hydrogen-bond acceptors (Lipinski definition) is 4. The molecule has 2 N–H and O–H groups in total. The number of hydrogen-bond donors (Lipinski definition) is 1. The second-order valence-corrected chi connectivity index (χ2v) is 4.34. The van der Waals surface area contributed by atoms with Gasteiger partial charge in [-0.3, -0.25) is 4.79 Å². The minimum atomic E-state index is -0.416. The van der Waals surface area contributed by atoms with Gasteiger partial charge in [0.1, 0.15) is 0 Å². The fourth-order valence-electron chi connectivity index (χ4n) is 2.13. The lowest BCUT2D eigenvalue weighted by atomic mass is 9.91. The van der Waals surface area contributed by atoms with E-state index in [1.54, 1.807) is 0 Å². The molecule has 1 saturated heterocycles. The summed E-state index contributed by atoms with van der Waals surface area (Å²) in [6.45, 7) is 2.62. The summed E-state index contributed by atoms with van der Waals surface area (Å²) in [5, 5.41) is 0. The topological polar surface area (TPSA) is 64.8 Å². The Balaban J connectivity index is 1.92. The maximum absolute atomic E-state index is 12.2. The molecule has 1 heterocycles. The van der Waals surface area contributed by atoms with Crippen molar-refractivity contribution in [2.75, 3.05) is 32.9 Å². The monoisotopic (exact) mass is 228 g/mol. The van der Waals surface area contributed by atoms with Crippen molar-refractivity contribution < 1.29 is 14.3 Å². The first-order valence-corrected chi connectivity index (χ1v) is 6.03. The maximum Gasteiger partial charge on any atom is 0.254 e. The number of amides is 1. The molecule has 16 heavy (non-hydrogen) atoms. The van der Waals surface area contributed by atoms with Crippen molar-refractivity contribution in [1.29, 1.82) is 0 Å². The highest BCUT2D eigenvalue weighted by Crippen LogP contribution is 2.25. The van der Waals surface area contributed by atoms with Crippen LogP contribution in [0.4, 0.5) is 0 Å². The number of nitrogens with two attached hydrogens (primary N) is 1. The molecule has 1 aliphatic carbocycles. The number of carbonyl (C=O) groups is 1. The predicted molar refractivity (Wildman–Crippen MR) is 59.0 cm³/mol. The molecular formula is C11H20N2O3. The molecule has 1 unspecified atom stereocenters. The van der Waals surface area contributed by atoms with E-state index < -0.39 is 6.10 Å².